The van der Waals surface area contributed by atoms with E-state index >= 15 is 0 Å². The number of ether oxygens (including phenoxy) is 1. The number of carbonyl (C=O) groups is 3. The van der Waals surface area contributed by atoms with Crippen molar-refractivity contribution >= 4 is 39.3 Å². The fraction of sp³-hybridized carbons (Fsp3) is 0.423. The summed E-state index contributed by atoms with van der Waals surface area (Å²) in [4.78, 5) is 41.8. The van der Waals surface area contributed by atoms with E-state index in [0.29, 0.717) is 10.6 Å². The molecule has 0 spiro atoms. The van der Waals surface area contributed by atoms with Crippen LogP contribution in [0, 0.1) is 5.82 Å². The molecule has 0 bridgehead atoms. The summed E-state index contributed by atoms with van der Waals surface area (Å²) in [7, 11) is -3.23. The molecule has 0 radical (unpaired) electrons. The molecule has 1 N–H and O–H groups in total. The van der Waals surface area contributed by atoms with Gasteiger partial charge in [-0.05, 0) is 49.7 Å². The van der Waals surface area contributed by atoms with Crippen LogP contribution in [-0.2, 0) is 30.8 Å². The van der Waals surface area contributed by atoms with E-state index in [-0.39, 0.29) is 30.7 Å². The second-order valence-corrected chi connectivity index (χ2v) is 12.1. The summed E-state index contributed by atoms with van der Waals surface area (Å²) in [5.41, 5.74) is 0.706. The Balaban J connectivity index is 1.86. The molecule has 13 heteroatoms. The molecule has 0 aliphatic carbocycles. The molecule has 0 saturated carbocycles. The SMILES string of the molecule is COc1ccc(F)cc1S(=O)(=O)N1CC(NC(C)=O)C(=O)N2C(Cc3ccc(Cl)cc3)C(=O)N(C(C)C)CC21. The third kappa shape index (κ3) is 5.59. The smallest absolute Gasteiger partial charge is 0.248 e. The summed E-state index contributed by atoms with van der Waals surface area (Å²) >= 11 is 6.02. The summed E-state index contributed by atoms with van der Waals surface area (Å²) < 4.78 is 48.7. The molecule has 10 nitrogen and oxygen atoms in total. The summed E-state index contributed by atoms with van der Waals surface area (Å²) in [6.45, 7) is 4.29. The average molecular weight is 581 g/mol. The molecule has 210 valence electrons. The fourth-order valence-electron chi connectivity index (χ4n) is 5.05. The number of nitrogens with one attached hydrogen (secondary N) is 1. The third-order valence-electron chi connectivity index (χ3n) is 6.89. The Kier molecular flexibility index (Phi) is 8.20. The minimum Gasteiger partial charge on any atom is -0.495 e. The van der Waals surface area contributed by atoms with Crippen molar-refractivity contribution in [3.8, 4) is 5.75 Å². The molecular formula is C26H30ClFN4O6S. The van der Waals surface area contributed by atoms with Gasteiger partial charge in [0.25, 0.3) is 0 Å². The van der Waals surface area contributed by atoms with Gasteiger partial charge in [0.1, 0.15) is 34.7 Å². The number of hydrogen-bond donors (Lipinski definition) is 1. The van der Waals surface area contributed by atoms with Crippen molar-refractivity contribution < 1.29 is 31.9 Å². The highest BCUT2D eigenvalue weighted by molar-refractivity contribution is 7.89. The zero-order chi connectivity index (χ0) is 28.6. The summed E-state index contributed by atoms with van der Waals surface area (Å²) in [6, 6.07) is 7.27. The largest absolute Gasteiger partial charge is 0.495 e. The van der Waals surface area contributed by atoms with Crippen LogP contribution in [0.1, 0.15) is 26.3 Å². The van der Waals surface area contributed by atoms with Crippen molar-refractivity contribution in [2.24, 2.45) is 0 Å². The van der Waals surface area contributed by atoms with Gasteiger partial charge in [0.05, 0.1) is 13.7 Å². The zero-order valence-electron chi connectivity index (χ0n) is 21.9. The highest BCUT2D eigenvalue weighted by atomic mass is 35.5. The first-order chi connectivity index (χ1) is 18.3. The maximum absolute atomic E-state index is 14.3. The van der Waals surface area contributed by atoms with Crippen molar-refractivity contribution in [1.82, 2.24) is 19.4 Å². The Labute approximate surface area is 231 Å². The second-order valence-electron chi connectivity index (χ2n) is 9.78. The van der Waals surface area contributed by atoms with Gasteiger partial charge in [0, 0.05) is 31.0 Å². The van der Waals surface area contributed by atoms with Crippen molar-refractivity contribution in [3.05, 3.63) is 58.9 Å². The first-order valence-corrected chi connectivity index (χ1v) is 14.2. The molecule has 2 saturated heterocycles. The van der Waals surface area contributed by atoms with Gasteiger partial charge < -0.3 is 19.9 Å². The normalized spacial score (nSPS) is 22.2. The molecule has 2 fully saturated rings. The summed E-state index contributed by atoms with van der Waals surface area (Å²) in [5, 5.41) is 3.01. The molecule has 0 aromatic heterocycles. The van der Waals surface area contributed by atoms with Gasteiger partial charge in [-0.2, -0.15) is 4.31 Å². The van der Waals surface area contributed by atoms with Gasteiger partial charge in [-0.15, -0.1) is 0 Å². The van der Waals surface area contributed by atoms with E-state index in [9.17, 15) is 27.2 Å². The first kappa shape index (κ1) is 28.8. The van der Waals surface area contributed by atoms with Gasteiger partial charge >= 0.3 is 0 Å². The molecule has 2 aliphatic rings. The molecule has 3 amide bonds. The number of carbonyl (C=O) groups excluding carboxylic acids is 3. The van der Waals surface area contributed by atoms with Crippen LogP contribution in [0.2, 0.25) is 5.02 Å². The molecule has 2 heterocycles. The number of hydrogen-bond acceptors (Lipinski definition) is 6. The average Bonchev–Trinajstić information content (AvgIpc) is 2.87. The molecule has 2 aromatic rings. The number of methoxy groups -OCH3 is 1. The quantitative estimate of drug-likeness (QED) is 0.536. The van der Waals surface area contributed by atoms with Gasteiger partial charge in [0.2, 0.25) is 27.7 Å². The molecule has 2 aromatic carbocycles. The van der Waals surface area contributed by atoms with E-state index in [1.54, 1.807) is 38.1 Å². The maximum atomic E-state index is 14.3. The number of rotatable bonds is 7. The summed E-state index contributed by atoms with van der Waals surface area (Å²) in [6.07, 6.45) is -1.02. The third-order valence-corrected chi connectivity index (χ3v) is 9.02. The van der Waals surface area contributed by atoms with Crippen molar-refractivity contribution in [2.75, 3.05) is 20.2 Å². The van der Waals surface area contributed by atoms with Crippen LogP contribution in [0.4, 0.5) is 4.39 Å². The van der Waals surface area contributed by atoms with E-state index in [1.807, 2.05) is 0 Å². The first-order valence-electron chi connectivity index (χ1n) is 12.3. The predicted octanol–water partition coefficient (Wildman–Crippen LogP) is 2.01. The lowest BCUT2D eigenvalue weighted by atomic mass is 9.96. The monoisotopic (exact) mass is 580 g/mol. The highest BCUT2D eigenvalue weighted by Gasteiger charge is 2.54. The molecular weight excluding hydrogens is 551 g/mol. The number of sulfonamides is 1. The van der Waals surface area contributed by atoms with Crippen LogP contribution >= 0.6 is 11.6 Å². The van der Waals surface area contributed by atoms with Crippen LogP contribution in [0.25, 0.3) is 0 Å². The minimum absolute atomic E-state index is 0.0822. The maximum Gasteiger partial charge on any atom is 0.248 e. The number of halogens is 2. The molecule has 2 aliphatic heterocycles. The second kappa shape index (κ2) is 11.1. The van der Waals surface area contributed by atoms with Crippen LogP contribution in [-0.4, -0.2) is 84.7 Å². The summed E-state index contributed by atoms with van der Waals surface area (Å²) in [5.74, 6) is -2.35. The van der Waals surface area contributed by atoms with E-state index in [2.05, 4.69) is 5.32 Å². The van der Waals surface area contributed by atoms with Gasteiger partial charge in [-0.25, -0.2) is 12.8 Å². The van der Waals surface area contributed by atoms with Crippen molar-refractivity contribution in [2.45, 2.75) is 56.4 Å². The lowest BCUT2D eigenvalue weighted by Gasteiger charge is -2.54. The number of amides is 3. The van der Waals surface area contributed by atoms with Gasteiger partial charge in [-0.1, -0.05) is 23.7 Å². The fourth-order valence-corrected chi connectivity index (χ4v) is 6.93. The Morgan fingerprint density at radius 2 is 1.79 bits per heavy atom. The van der Waals surface area contributed by atoms with Crippen LogP contribution in [0.15, 0.2) is 47.4 Å². The zero-order valence-corrected chi connectivity index (χ0v) is 23.5. The molecule has 39 heavy (non-hydrogen) atoms. The number of piperazine rings is 1. The molecule has 3 atom stereocenters. The van der Waals surface area contributed by atoms with Crippen LogP contribution in [0.3, 0.4) is 0 Å². The molecule has 3 unspecified atom stereocenters. The standard InChI is InChI=1S/C26H30ClFN4O6S/c1-15(2)30-14-24-31(39(36,37)23-12-19(28)9-10-22(23)38-4)13-20(29-16(3)33)25(34)32(24)21(26(30)35)11-17-5-7-18(27)8-6-17/h5-10,12,15,20-21,24H,11,13-14H2,1-4H3,(H,29,33). The van der Waals surface area contributed by atoms with Crippen molar-refractivity contribution in [1.29, 1.82) is 0 Å². The van der Waals surface area contributed by atoms with Crippen LogP contribution < -0.4 is 10.1 Å². The highest BCUT2D eigenvalue weighted by Crippen LogP contribution is 2.35. The van der Waals surface area contributed by atoms with Crippen LogP contribution in [0.5, 0.6) is 5.75 Å². The van der Waals surface area contributed by atoms with E-state index in [0.717, 1.165) is 16.4 Å². The Hall–Kier alpha value is -3.22. The Morgan fingerprint density at radius 3 is 2.38 bits per heavy atom. The predicted molar refractivity (Wildman–Crippen MR) is 141 cm³/mol. The van der Waals surface area contributed by atoms with Crippen molar-refractivity contribution in [3.63, 3.8) is 0 Å². The molecule has 4 rings (SSSR count). The number of nitrogens with zero attached hydrogens (tertiary/aromatic N) is 3. The lowest BCUT2D eigenvalue weighted by molar-refractivity contribution is -0.169. The Morgan fingerprint density at radius 1 is 1.13 bits per heavy atom. The minimum atomic E-state index is -4.49. The number of fused-ring (bicyclic) bond motifs is 1. The van der Waals surface area contributed by atoms with E-state index in [4.69, 9.17) is 16.3 Å². The van der Waals surface area contributed by atoms with E-state index < -0.39 is 57.3 Å². The van der Waals surface area contributed by atoms with Gasteiger partial charge in [0.15, 0.2) is 0 Å². The topological polar surface area (TPSA) is 116 Å². The van der Waals surface area contributed by atoms with E-state index in [1.165, 1.54) is 29.9 Å². The van der Waals surface area contributed by atoms with Gasteiger partial charge in [-0.3, -0.25) is 14.4 Å². The number of benzene rings is 2. The Bertz CT molecular complexity index is 1390. The lowest BCUT2D eigenvalue weighted by Crippen LogP contribution is -2.76.